The molecule has 1 N–H and O–H groups in total. The summed E-state index contributed by atoms with van der Waals surface area (Å²) in [6, 6.07) is 8.83. The monoisotopic (exact) mass is 508 g/mol. The molecule has 0 saturated carbocycles. The van der Waals surface area contributed by atoms with Gasteiger partial charge in [-0.3, -0.25) is 9.80 Å². The minimum Gasteiger partial charge on any atom is -0.379 e. The van der Waals surface area contributed by atoms with Crippen LogP contribution in [0.15, 0.2) is 24.3 Å². The van der Waals surface area contributed by atoms with Crippen molar-refractivity contribution in [3.63, 3.8) is 0 Å². The van der Waals surface area contributed by atoms with Gasteiger partial charge in [0.1, 0.15) is 5.82 Å². The highest BCUT2D eigenvalue weighted by atomic mass is 16.5. The van der Waals surface area contributed by atoms with E-state index in [9.17, 15) is 0 Å². The minimum atomic E-state index is -0.212. The average molecular weight is 509 g/mol. The number of nitrogens with one attached hydrogen (secondary N) is 1. The number of aromatic nitrogens is 2. The number of rotatable bonds is 9. The molecule has 5 rings (SSSR count). The van der Waals surface area contributed by atoms with Crippen molar-refractivity contribution in [2.24, 2.45) is 0 Å². The fourth-order valence-corrected chi connectivity index (χ4v) is 5.53. The third kappa shape index (κ3) is 6.79. The summed E-state index contributed by atoms with van der Waals surface area (Å²) in [5, 5.41) is 3.63. The van der Waals surface area contributed by atoms with Crippen LogP contribution in [0.2, 0.25) is 0 Å². The van der Waals surface area contributed by atoms with Crippen molar-refractivity contribution in [3.8, 4) is 11.4 Å². The number of nitrogens with zero attached hydrogens (tertiary/aromatic N) is 5. The van der Waals surface area contributed by atoms with Crippen LogP contribution >= 0.6 is 0 Å². The molecule has 37 heavy (non-hydrogen) atoms. The van der Waals surface area contributed by atoms with E-state index in [0.29, 0.717) is 6.61 Å². The Bertz CT molecular complexity index is 1010. The number of anilines is 2. The molecule has 2 aromatic rings. The molecule has 0 atom stereocenters. The quantitative estimate of drug-likeness (QED) is 0.515. The highest BCUT2D eigenvalue weighted by molar-refractivity contribution is 5.63. The first-order valence-electron chi connectivity index (χ1n) is 14.2. The largest absolute Gasteiger partial charge is 0.379 e. The topological polar surface area (TPSA) is 66.0 Å². The average Bonchev–Trinajstić information content (AvgIpc) is 2.91. The molecule has 0 aliphatic carbocycles. The number of fused-ring (bicyclic) bond motifs is 1. The molecule has 3 aliphatic rings. The Morgan fingerprint density at radius 3 is 2.38 bits per heavy atom. The van der Waals surface area contributed by atoms with E-state index in [1.54, 1.807) is 0 Å². The fourth-order valence-electron chi connectivity index (χ4n) is 5.53. The van der Waals surface area contributed by atoms with E-state index in [1.807, 2.05) is 0 Å². The molecule has 2 fully saturated rings. The molecule has 0 spiro atoms. The SMILES string of the molecule is CCCN1CCN(c2ccc(-c3nc4c(c(NCCCN5CCOCC5)n3)COC(C)(C)C4)cc2)CC1. The second-order valence-corrected chi connectivity index (χ2v) is 11.2. The lowest BCUT2D eigenvalue weighted by atomic mass is 9.96. The summed E-state index contributed by atoms with van der Waals surface area (Å²) in [6.07, 6.45) is 3.09. The van der Waals surface area contributed by atoms with Crippen LogP contribution in [-0.4, -0.2) is 97.5 Å². The van der Waals surface area contributed by atoms with Gasteiger partial charge in [0.05, 0.1) is 31.1 Å². The van der Waals surface area contributed by atoms with E-state index in [-0.39, 0.29) is 5.60 Å². The van der Waals surface area contributed by atoms with Gasteiger partial charge in [-0.05, 0) is 64.0 Å². The van der Waals surface area contributed by atoms with Crippen LogP contribution in [0.4, 0.5) is 11.5 Å². The van der Waals surface area contributed by atoms with E-state index >= 15 is 0 Å². The first kappa shape index (κ1) is 26.4. The molecule has 3 aliphatic heterocycles. The van der Waals surface area contributed by atoms with Crippen molar-refractivity contribution in [2.45, 2.75) is 52.2 Å². The van der Waals surface area contributed by atoms with Gasteiger partial charge in [-0.2, -0.15) is 0 Å². The molecule has 2 saturated heterocycles. The van der Waals surface area contributed by atoms with E-state index in [1.165, 1.54) is 18.7 Å². The lowest BCUT2D eigenvalue weighted by Gasteiger charge is -2.36. The maximum absolute atomic E-state index is 6.13. The molecule has 0 radical (unpaired) electrons. The smallest absolute Gasteiger partial charge is 0.161 e. The van der Waals surface area contributed by atoms with Crippen molar-refractivity contribution in [3.05, 3.63) is 35.5 Å². The van der Waals surface area contributed by atoms with E-state index < -0.39 is 0 Å². The van der Waals surface area contributed by atoms with Crippen molar-refractivity contribution in [1.29, 1.82) is 0 Å². The summed E-state index contributed by atoms with van der Waals surface area (Å²) in [6.45, 7) is 18.5. The molecule has 0 amide bonds. The molecular formula is C29H44N6O2. The number of ether oxygens (including phenoxy) is 2. The van der Waals surface area contributed by atoms with Gasteiger partial charge in [0, 0.05) is 69.0 Å². The lowest BCUT2D eigenvalue weighted by molar-refractivity contribution is -0.0411. The summed E-state index contributed by atoms with van der Waals surface area (Å²) < 4.78 is 11.6. The molecule has 0 bridgehead atoms. The van der Waals surface area contributed by atoms with Crippen LogP contribution in [0.5, 0.6) is 0 Å². The zero-order valence-electron chi connectivity index (χ0n) is 23.0. The standard InChI is InChI=1S/C29H44N6O2/c1-4-11-33-13-15-35(16-14-33)24-8-6-23(7-9-24)27-31-26-21-29(2,3)37-22-25(26)28(32-27)30-10-5-12-34-17-19-36-20-18-34/h6-9H,4-5,10-22H2,1-3H3,(H,30,31,32). The van der Waals surface area contributed by atoms with Crippen LogP contribution in [0.25, 0.3) is 11.4 Å². The van der Waals surface area contributed by atoms with E-state index in [4.69, 9.17) is 19.4 Å². The van der Waals surface area contributed by atoms with Gasteiger partial charge >= 0.3 is 0 Å². The number of benzene rings is 1. The fraction of sp³-hybridized carbons (Fsp3) is 0.655. The molecule has 0 unspecified atom stereocenters. The molecular weight excluding hydrogens is 464 g/mol. The summed E-state index contributed by atoms with van der Waals surface area (Å²) in [4.78, 5) is 17.6. The van der Waals surface area contributed by atoms with Crippen LogP contribution in [0, 0.1) is 0 Å². The number of morpholine rings is 1. The number of hydrogen-bond acceptors (Lipinski definition) is 8. The molecule has 1 aromatic heterocycles. The third-order valence-corrected chi connectivity index (χ3v) is 7.74. The highest BCUT2D eigenvalue weighted by Gasteiger charge is 2.30. The predicted octanol–water partition coefficient (Wildman–Crippen LogP) is 3.66. The minimum absolute atomic E-state index is 0.212. The van der Waals surface area contributed by atoms with Gasteiger partial charge in [0.15, 0.2) is 5.82 Å². The summed E-state index contributed by atoms with van der Waals surface area (Å²) >= 11 is 0. The van der Waals surface area contributed by atoms with Crippen LogP contribution in [-0.2, 0) is 22.5 Å². The van der Waals surface area contributed by atoms with Gasteiger partial charge in [-0.1, -0.05) is 6.92 Å². The predicted molar refractivity (Wildman–Crippen MR) is 149 cm³/mol. The Balaban J connectivity index is 1.28. The van der Waals surface area contributed by atoms with Gasteiger partial charge in [-0.15, -0.1) is 0 Å². The Kier molecular flexibility index (Phi) is 8.60. The zero-order chi connectivity index (χ0) is 25.7. The van der Waals surface area contributed by atoms with Gasteiger partial charge in [-0.25, -0.2) is 9.97 Å². The Morgan fingerprint density at radius 2 is 1.65 bits per heavy atom. The van der Waals surface area contributed by atoms with Gasteiger partial charge < -0.3 is 19.7 Å². The number of piperazine rings is 1. The third-order valence-electron chi connectivity index (χ3n) is 7.74. The second kappa shape index (κ2) is 12.1. The zero-order valence-corrected chi connectivity index (χ0v) is 23.0. The van der Waals surface area contributed by atoms with Crippen LogP contribution in [0.1, 0.15) is 44.9 Å². The van der Waals surface area contributed by atoms with Crippen molar-refractivity contribution < 1.29 is 9.47 Å². The second-order valence-electron chi connectivity index (χ2n) is 11.2. The summed E-state index contributed by atoms with van der Waals surface area (Å²) in [5.74, 6) is 1.72. The summed E-state index contributed by atoms with van der Waals surface area (Å²) in [5.41, 5.74) is 4.35. The normalized spacial score (nSPS) is 20.6. The Hall–Kier alpha value is -2.26. The lowest BCUT2D eigenvalue weighted by Crippen LogP contribution is -2.46. The first-order chi connectivity index (χ1) is 18.0. The Labute approximate surface area is 222 Å². The van der Waals surface area contributed by atoms with Gasteiger partial charge in [0.2, 0.25) is 0 Å². The Morgan fingerprint density at radius 1 is 0.919 bits per heavy atom. The highest BCUT2D eigenvalue weighted by Crippen LogP contribution is 2.32. The van der Waals surface area contributed by atoms with Gasteiger partial charge in [0.25, 0.3) is 0 Å². The van der Waals surface area contributed by atoms with Crippen molar-refractivity contribution in [1.82, 2.24) is 19.8 Å². The maximum atomic E-state index is 6.13. The van der Waals surface area contributed by atoms with E-state index in [2.05, 4.69) is 65.1 Å². The molecule has 8 heteroatoms. The van der Waals surface area contributed by atoms with Crippen LogP contribution in [0.3, 0.4) is 0 Å². The number of hydrogen-bond donors (Lipinski definition) is 1. The van der Waals surface area contributed by atoms with Crippen molar-refractivity contribution >= 4 is 11.5 Å². The van der Waals surface area contributed by atoms with Crippen LogP contribution < -0.4 is 10.2 Å². The molecule has 1 aromatic carbocycles. The van der Waals surface area contributed by atoms with Crippen molar-refractivity contribution in [2.75, 3.05) is 82.3 Å². The molecule has 4 heterocycles. The summed E-state index contributed by atoms with van der Waals surface area (Å²) in [7, 11) is 0. The first-order valence-corrected chi connectivity index (χ1v) is 14.2. The maximum Gasteiger partial charge on any atom is 0.161 e. The van der Waals surface area contributed by atoms with E-state index in [0.717, 1.165) is 107 Å². The molecule has 8 nitrogen and oxygen atoms in total. The molecule has 202 valence electrons.